The lowest BCUT2D eigenvalue weighted by atomic mass is 10.1. The first-order valence-corrected chi connectivity index (χ1v) is 4.43. The SMILES string of the molecule is CC.Nc1cc([N+](=O)[O-])cc(C(F)(F)F)c1. The zero-order valence-electron chi connectivity index (χ0n) is 8.71. The lowest BCUT2D eigenvalue weighted by Gasteiger charge is -2.06. The minimum absolute atomic E-state index is 0.286. The third-order valence-corrected chi connectivity index (χ3v) is 1.48. The maximum atomic E-state index is 12.1. The first-order valence-electron chi connectivity index (χ1n) is 4.43. The van der Waals surface area contributed by atoms with Crippen molar-refractivity contribution in [3.63, 3.8) is 0 Å². The van der Waals surface area contributed by atoms with Crippen LogP contribution in [0.15, 0.2) is 18.2 Å². The van der Waals surface area contributed by atoms with Crippen molar-refractivity contribution < 1.29 is 18.1 Å². The molecule has 0 radical (unpaired) electrons. The molecule has 90 valence electrons. The predicted octanol–water partition coefficient (Wildman–Crippen LogP) is 3.22. The summed E-state index contributed by atoms with van der Waals surface area (Å²) in [6.45, 7) is 4.00. The average Bonchev–Trinajstić information content (AvgIpc) is 2.18. The van der Waals surface area contributed by atoms with Gasteiger partial charge in [-0.15, -0.1) is 0 Å². The number of anilines is 1. The number of non-ortho nitro benzene ring substituents is 1. The van der Waals surface area contributed by atoms with Gasteiger partial charge in [0, 0.05) is 17.8 Å². The van der Waals surface area contributed by atoms with Crippen LogP contribution in [0.3, 0.4) is 0 Å². The Morgan fingerprint density at radius 1 is 1.25 bits per heavy atom. The minimum atomic E-state index is -4.62. The van der Waals surface area contributed by atoms with Gasteiger partial charge in [0.1, 0.15) is 0 Å². The smallest absolute Gasteiger partial charge is 0.399 e. The number of nitrogen functional groups attached to an aromatic ring is 1. The van der Waals surface area contributed by atoms with E-state index in [9.17, 15) is 23.3 Å². The van der Waals surface area contributed by atoms with E-state index in [2.05, 4.69) is 0 Å². The largest absolute Gasteiger partial charge is 0.416 e. The van der Waals surface area contributed by atoms with E-state index >= 15 is 0 Å². The topological polar surface area (TPSA) is 69.2 Å². The third kappa shape index (κ3) is 3.76. The van der Waals surface area contributed by atoms with Crippen LogP contribution in [0.5, 0.6) is 0 Å². The average molecular weight is 236 g/mol. The van der Waals surface area contributed by atoms with Gasteiger partial charge in [-0.05, 0) is 6.07 Å². The Labute approximate surface area is 90.0 Å². The molecule has 0 aliphatic rings. The zero-order chi connectivity index (χ0) is 12.9. The third-order valence-electron chi connectivity index (χ3n) is 1.48. The molecule has 0 atom stereocenters. The fourth-order valence-electron chi connectivity index (χ4n) is 0.904. The van der Waals surface area contributed by atoms with E-state index in [1.807, 2.05) is 13.8 Å². The minimum Gasteiger partial charge on any atom is -0.399 e. The summed E-state index contributed by atoms with van der Waals surface area (Å²) in [7, 11) is 0. The second-order valence-corrected chi connectivity index (χ2v) is 2.57. The molecule has 0 bridgehead atoms. The number of hydrogen-bond donors (Lipinski definition) is 1. The zero-order valence-corrected chi connectivity index (χ0v) is 8.71. The molecule has 0 saturated heterocycles. The summed E-state index contributed by atoms with van der Waals surface area (Å²) >= 11 is 0. The van der Waals surface area contributed by atoms with Crippen LogP contribution >= 0.6 is 0 Å². The van der Waals surface area contributed by atoms with Crippen LogP contribution in [-0.2, 0) is 6.18 Å². The Balaban J connectivity index is 0.00000106. The number of hydrogen-bond acceptors (Lipinski definition) is 3. The fourth-order valence-corrected chi connectivity index (χ4v) is 0.904. The maximum Gasteiger partial charge on any atom is 0.416 e. The quantitative estimate of drug-likeness (QED) is 0.462. The molecule has 2 N–H and O–H groups in total. The molecule has 0 fully saturated rings. The normalized spacial score (nSPS) is 10.3. The van der Waals surface area contributed by atoms with E-state index in [0.717, 1.165) is 6.07 Å². The van der Waals surface area contributed by atoms with Crippen molar-refractivity contribution in [1.29, 1.82) is 0 Å². The fraction of sp³-hybridized carbons (Fsp3) is 0.333. The van der Waals surface area contributed by atoms with Crippen molar-refractivity contribution in [1.82, 2.24) is 0 Å². The molecule has 0 saturated carbocycles. The molecule has 1 aromatic rings. The molecule has 0 aromatic heterocycles. The van der Waals surface area contributed by atoms with E-state index in [0.29, 0.717) is 12.1 Å². The number of nitro benzene ring substituents is 1. The maximum absolute atomic E-state index is 12.1. The Morgan fingerprint density at radius 3 is 2.12 bits per heavy atom. The van der Waals surface area contributed by atoms with Crippen molar-refractivity contribution in [2.24, 2.45) is 0 Å². The van der Waals surface area contributed by atoms with Crippen molar-refractivity contribution in [2.75, 3.05) is 5.73 Å². The molecule has 0 heterocycles. The van der Waals surface area contributed by atoms with Crippen molar-refractivity contribution in [3.05, 3.63) is 33.9 Å². The molecule has 0 amide bonds. The Bertz CT molecular complexity index is 378. The van der Waals surface area contributed by atoms with Gasteiger partial charge in [-0.2, -0.15) is 13.2 Å². The molecule has 7 heteroatoms. The number of nitrogens with two attached hydrogens (primary N) is 1. The van der Waals surface area contributed by atoms with Crippen LogP contribution in [-0.4, -0.2) is 4.92 Å². The molecule has 1 rings (SSSR count). The summed E-state index contributed by atoms with van der Waals surface area (Å²) in [4.78, 5) is 9.29. The van der Waals surface area contributed by atoms with Gasteiger partial charge in [-0.1, -0.05) is 13.8 Å². The first kappa shape index (κ1) is 14.2. The summed E-state index contributed by atoms with van der Waals surface area (Å²) < 4.78 is 36.4. The van der Waals surface area contributed by atoms with E-state index in [1.165, 1.54) is 0 Å². The highest BCUT2D eigenvalue weighted by atomic mass is 19.4. The second kappa shape index (κ2) is 5.34. The van der Waals surface area contributed by atoms with Crippen LogP contribution in [0.1, 0.15) is 19.4 Å². The van der Waals surface area contributed by atoms with Gasteiger partial charge >= 0.3 is 6.18 Å². The summed E-state index contributed by atoms with van der Waals surface area (Å²) in [5.74, 6) is 0. The highest BCUT2D eigenvalue weighted by molar-refractivity contribution is 5.51. The highest BCUT2D eigenvalue weighted by Crippen LogP contribution is 2.33. The number of nitrogens with zero attached hydrogens (tertiary/aromatic N) is 1. The Kier molecular flexibility index (Phi) is 4.74. The van der Waals surface area contributed by atoms with Crippen LogP contribution in [0.2, 0.25) is 0 Å². The summed E-state index contributed by atoms with van der Waals surface area (Å²) in [6.07, 6.45) is -4.62. The van der Waals surface area contributed by atoms with Crippen LogP contribution in [0.4, 0.5) is 24.5 Å². The van der Waals surface area contributed by atoms with E-state index in [4.69, 9.17) is 5.73 Å². The van der Waals surface area contributed by atoms with Gasteiger partial charge < -0.3 is 5.73 Å². The van der Waals surface area contributed by atoms with Crippen molar-refractivity contribution in [3.8, 4) is 0 Å². The molecule has 0 unspecified atom stereocenters. The number of nitro groups is 1. The molecule has 1 aromatic carbocycles. The van der Waals surface area contributed by atoms with Gasteiger partial charge in [0.2, 0.25) is 0 Å². The summed E-state index contributed by atoms with van der Waals surface area (Å²) in [6, 6.07) is 1.96. The summed E-state index contributed by atoms with van der Waals surface area (Å²) in [5, 5.41) is 10.2. The molecule has 0 aliphatic heterocycles. The molecular weight excluding hydrogens is 225 g/mol. The van der Waals surface area contributed by atoms with Crippen LogP contribution in [0, 0.1) is 10.1 Å². The Morgan fingerprint density at radius 2 is 1.75 bits per heavy atom. The van der Waals surface area contributed by atoms with Gasteiger partial charge in [-0.3, -0.25) is 10.1 Å². The number of halogens is 3. The molecule has 4 nitrogen and oxygen atoms in total. The standard InChI is InChI=1S/C7H5F3N2O2.C2H6/c8-7(9,10)4-1-5(11)3-6(2-4)12(13)14;1-2/h1-3H,11H2;1-2H3. The monoisotopic (exact) mass is 236 g/mol. The van der Waals surface area contributed by atoms with Gasteiger partial charge in [-0.25, -0.2) is 0 Å². The molecular formula is C9H11F3N2O2. The van der Waals surface area contributed by atoms with Crippen LogP contribution < -0.4 is 5.73 Å². The van der Waals surface area contributed by atoms with E-state index in [-0.39, 0.29) is 5.69 Å². The summed E-state index contributed by atoms with van der Waals surface area (Å²) in [5.41, 5.74) is 3.01. The second-order valence-electron chi connectivity index (χ2n) is 2.57. The van der Waals surface area contributed by atoms with Gasteiger partial charge in [0.05, 0.1) is 10.5 Å². The molecule has 0 aliphatic carbocycles. The number of rotatable bonds is 1. The lowest BCUT2D eigenvalue weighted by Crippen LogP contribution is -2.06. The Hall–Kier alpha value is -1.79. The number of alkyl halides is 3. The molecule has 16 heavy (non-hydrogen) atoms. The van der Waals surface area contributed by atoms with E-state index in [1.54, 1.807) is 0 Å². The van der Waals surface area contributed by atoms with Gasteiger partial charge in [0.15, 0.2) is 0 Å². The van der Waals surface area contributed by atoms with Crippen molar-refractivity contribution in [2.45, 2.75) is 20.0 Å². The molecule has 0 spiro atoms. The van der Waals surface area contributed by atoms with Crippen LogP contribution in [0.25, 0.3) is 0 Å². The lowest BCUT2D eigenvalue weighted by molar-refractivity contribution is -0.385. The number of benzene rings is 1. The van der Waals surface area contributed by atoms with E-state index < -0.39 is 22.4 Å². The van der Waals surface area contributed by atoms with Crippen molar-refractivity contribution >= 4 is 11.4 Å². The highest BCUT2D eigenvalue weighted by Gasteiger charge is 2.32. The van der Waals surface area contributed by atoms with Gasteiger partial charge in [0.25, 0.3) is 5.69 Å². The predicted molar refractivity (Wildman–Crippen MR) is 53.9 cm³/mol. The first-order chi connectivity index (χ1) is 7.30.